The van der Waals surface area contributed by atoms with Crippen molar-refractivity contribution in [1.82, 2.24) is 15.5 Å². The van der Waals surface area contributed by atoms with E-state index >= 15 is 0 Å². The van der Waals surface area contributed by atoms with Gasteiger partial charge in [-0.25, -0.2) is 0 Å². The fourth-order valence-corrected chi connectivity index (χ4v) is 4.63. The molecule has 4 rings (SSSR count). The van der Waals surface area contributed by atoms with Crippen LogP contribution in [0.3, 0.4) is 0 Å². The third kappa shape index (κ3) is 4.74. The largest absolute Gasteiger partial charge is 0.495 e. The number of benzene rings is 2. The number of carbonyl (C=O) groups excluding carboxylic acids is 1. The molecule has 34 heavy (non-hydrogen) atoms. The zero-order chi connectivity index (χ0) is 24.6. The fourth-order valence-electron chi connectivity index (χ4n) is 4.37. The van der Waals surface area contributed by atoms with Crippen molar-refractivity contribution in [3.63, 3.8) is 0 Å². The zero-order valence-corrected chi connectivity index (χ0v) is 19.1. The Morgan fingerprint density at radius 2 is 2.03 bits per heavy atom. The lowest BCUT2D eigenvalue weighted by molar-refractivity contribution is -0.139. The predicted molar refractivity (Wildman–Crippen MR) is 119 cm³/mol. The van der Waals surface area contributed by atoms with Gasteiger partial charge in [-0.05, 0) is 47.7 Å². The number of hydrogen-bond donors (Lipinski definition) is 5. The van der Waals surface area contributed by atoms with Crippen LogP contribution in [-0.4, -0.2) is 51.7 Å². The van der Waals surface area contributed by atoms with Gasteiger partial charge in [-0.3, -0.25) is 15.0 Å². The molecule has 11 heteroatoms. The Morgan fingerprint density at radius 3 is 2.71 bits per heavy atom. The molecule has 2 aromatic carbocycles. The molecule has 0 aromatic heterocycles. The van der Waals surface area contributed by atoms with E-state index in [1.807, 2.05) is 0 Å². The molecular weight excluding hydrogens is 472 g/mol. The topological polar surface area (TPSA) is 114 Å². The molecule has 2 aromatic rings. The summed E-state index contributed by atoms with van der Waals surface area (Å²) in [6.45, 7) is 0.238. The standard InChI is InChI=1S/C23H26ClF2N3O5/c1-34-18-6-3-14(9-16(18)24)23(25,26)22(33)27-10-12-2-4-15-13(8-12)11-29(21(15)32)17-5-7-19(30)28-20(17)31/h2-4,6,8-9,17,19,21-22,27,30,32-33H,5,7,10-11H2,1H3,(H,28,31)/t17?,19-,21+,22-/m1/s1. The Kier molecular flexibility index (Phi) is 7.09. The average Bonchev–Trinajstić information content (AvgIpc) is 3.12. The second-order valence-corrected chi connectivity index (χ2v) is 8.86. The minimum atomic E-state index is -3.61. The number of halogens is 3. The normalized spacial score (nSPS) is 24.0. The first-order valence-corrected chi connectivity index (χ1v) is 11.2. The minimum absolute atomic E-state index is 0.00904. The van der Waals surface area contributed by atoms with E-state index in [0.717, 1.165) is 17.7 Å². The van der Waals surface area contributed by atoms with Crippen molar-refractivity contribution in [3.8, 4) is 5.75 Å². The van der Waals surface area contributed by atoms with Gasteiger partial charge < -0.3 is 25.4 Å². The van der Waals surface area contributed by atoms with E-state index in [4.69, 9.17) is 16.3 Å². The van der Waals surface area contributed by atoms with E-state index in [-0.39, 0.29) is 23.2 Å². The number of aliphatic hydroxyl groups is 3. The van der Waals surface area contributed by atoms with Gasteiger partial charge in [-0.1, -0.05) is 29.8 Å². The molecule has 1 saturated heterocycles. The number of amides is 1. The SMILES string of the molecule is COc1ccc(C(F)(F)[C@@H](O)NCc2ccc3c(c2)CN(C2CC[C@@H](O)NC2=O)[C@H]3O)cc1Cl. The zero-order valence-electron chi connectivity index (χ0n) is 18.3. The van der Waals surface area contributed by atoms with Gasteiger partial charge in [0.25, 0.3) is 0 Å². The van der Waals surface area contributed by atoms with Crippen LogP contribution < -0.4 is 15.4 Å². The van der Waals surface area contributed by atoms with Crippen molar-refractivity contribution in [3.05, 3.63) is 63.7 Å². The Hall–Kier alpha value is -2.34. The summed E-state index contributed by atoms with van der Waals surface area (Å²) in [5.74, 6) is -3.71. The van der Waals surface area contributed by atoms with Gasteiger partial charge in [0, 0.05) is 18.7 Å². The quantitative estimate of drug-likeness (QED) is 0.371. The highest BCUT2D eigenvalue weighted by atomic mass is 35.5. The number of rotatable bonds is 7. The van der Waals surface area contributed by atoms with Crippen molar-refractivity contribution in [2.24, 2.45) is 0 Å². The summed E-state index contributed by atoms with van der Waals surface area (Å²) in [6.07, 6.45) is -3.26. The van der Waals surface area contributed by atoms with Crippen molar-refractivity contribution in [1.29, 1.82) is 0 Å². The number of alkyl halides is 2. The maximum Gasteiger partial charge on any atom is 0.311 e. The number of aliphatic hydroxyl groups excluding tert-OH is 3. The first kappa shape index (κ1) is 24.8. The molecule has 5 N–H and O–H groups in total. The molecule has 0 radical (unpaired) electrons. The van der Waals surface area contributed by atoms with E-state index in [1.54, 1.807) is 23.1 Å². The molecule has 0 aliphatic carbocycles. The molecule has 8 nitrogen and oxygen atoms in total. The Labute approximate surface area is 200 Å². The Morgan fingerprint density at radius 1 is 1.26 bits per heavy atom. The molecule has 2 aliphatic heterocycles. The summed E-state index contributed by atoms with van der Waals surface area (Å²) >= 11 is 5.94. The Balaban J connectivity index is 1.42. The number of nitrogens with zero attached hydrogens (tertiary/aromatic N) is 1. The lowest BCUT2D eigenvalue weighted by Crippen LogP contribution is -2.53. The minimum Gasteiger partial charge on any atom is -0.495 e. The van der Waals surface area contributed by atoms with Crippen LogP contribution in [0, 0.1) is 0 Å². The summed E-state index contributed by atoms with van der Waals surface area (Å²) in [6, 6.07) is 8.01. The highest BCUT2D eigenvalue weighted by Gasteiger charge is 2.41. The van der Waals surface area contributed by atoms with Crippen molar-refractivity contribution in [2.75, 3.05) is 7.11 Å². The third-order valence-corrected chi connectivity index (χ3v) is 6.55. The van der Waals surface area contributed by atoms with E-state index in [0.29, 0.717) is 30.5 Å². The predicted octanol–water partition coefficient (Wildman–Crippen LogP) is 1.95. The highest BCUT2D eigenvalue weighted by Crippen LogP contribution is 2.37. The molecule has 184 valence electrons. The molecule has 0 saturated carbocycles. The number of carbonyl (C=O) groups is 1. The molecule has 2 heterocycles. The van der Waals surface area contributed by atoms with Gasteiger partial charge in [0.1, 0.15) is 18.2 Å². The molecule has 1 fully saturated rings. The second-order valence-electron chi connectivity index (χ2n) is 8.45. The van der Waals surface area contributed by atoms with E-state index in [1.165, 1.54) is 13.2 Å². The van der Waals surface area contributed by atoms with Crippen LogP contribution in [0.5, 0.6) is 5.75 Å². The maximum atomic E-state index is 14.8. The van der Waals surface area contributed by atoms with Gasteiger partial charge in [-0.15, -0.1) is 0 Å². The molecule has 0 spiro atoms. The van der Waals surface area contributed by atoms with Gasteiger partial charge in [0.2, 0.25) is 5.91 Å². The number of nitrogens with one attached hydrogen (secondary N) is 2. The molecule has 2 aliphatic rings. The third-order valence-electron chi connectivity index (χ3n) is 6.26. The van der Waals surface area contributed by atoms with Crippen molar-refractivity contribution in [2.45, 2.75) is 56.6 Å². The first-order chi connectivity index (χ1) is 16.1. The summed E-state index contributed by atoms with van der Waals surface area (Å²) < 4.78 is 34.5. The van der Waals surface area contributed by atoms with E-state index in [2.05, 4.69) is 10.6 Å². The number of fused-ring (bicyclic) bond motifs is 1. The smallest absolute Gasteiger partial charge is 0.311 e. The van der Waals surface area contributed by atoms with Gasteiger partial charge in [-0.2, -0.15) is 8.78 Å². The molecule has 1 unspecified atom stereocenters. The summed E-state index contributed by atoms with van der Waals surface area (Å²) in [4.78, 5) is 13.9. The van der Waals surface area contributed by atoms with Gasteiger partial charge in [0.05, 0.1) is 18.2 Å². The highest BCUT2D eigenvalue weighted by molar-refractivity contribution is 6.32. The number of hydrogen-bond acceptors (Lipinski definition) is 7. The summed E-state index contributed by atoms with van der Waals surface area (Å²) in [7, 11) is 1.37. The van der Waals surface area contributed by atoms with Gasteiger partial charge >= 0.3 is 5.92 Å². The van der Waals surface area contributed by atoms with Crippen LogP contribution >= 0.6 is 11.6 Å². The van der Waals surface area contributed by atoms with E-state index in [9.17, 15) is 28.9 Å². The van der Waals surface area contributed by atoms with Crippen LogP contribution in [0.25, 0.3) is 0 Å². The lowest BCUT2D eigenvalue weighted by atomic mass is 10.0. The van der Waals surface area contributed by atoms with Crippen molar-refractivity contribution < 1.29 is 33.6 Å². The lowest BCUT2D eigenvalue weighted by Gasteiger charge is -2.34. The number of piperidine rings is 1. The molecular formula is C23H26ClF2N3O5. The first-order valence-electron chi connectivity index (χ1n) is 10.8. The van der Waals surface area contributed by atoms with Crippen LogP contribution in [0.2, 0.25) is 5.02 Å². The summed E-state index contributed by atoms with van der Waals surface area (Å²) in [5, 5.41) is 35.3. The second kappa shape index (κ2) is 9.73. The molecule has 1 amide bonds. The average molecular weight is 498 g/mol. The van der Waals surface area contributed by atoms with Crippen molar-refractivity contribution >= 4 is 17.5 Å². The number of methoxy groups -OCH3 is 1. The maximum absolute atomic E-state index is 14.8. The Bertz CT molecular complexity index is 1070. The van der Waals surface area contributed by atoms with Gasteiger partial charge in [0.15, 0.2) is 6.23 Å². The van der Waals surface area contributed by atoms with Crippen LogP contribution in [0.15, 0.2) is 36.4 Å². The fraction of sp³-hybridized carbons (Fsp3) is 0.435. The van der Waals surface area contributed by atoms with Crippen LogP contribution in [0.4, 0.5) is 8.78 Å². The number of ether oxygens (including phenoxy) is 1. The molecule has 4 atom stereocenters. The van der Waals surface area contributed by atoms with E-state index < -0.39 is 36.2 Å². The molecule has 0 bridgehead atoms. The van der Waals surface area contributed by atoms with Crippen LogP contribution in [0.1, 0.15) is 41.3 Å². The van der Waals surface area contributed by atoms with Crippen LogP contribution in [-0.2, 0) is 23.8 Å². The monoisotopic (exact) mass is 497 g/mol. The summed E-state index contributed by atoms with van der Waals surface area (Å²) in [5.41, 5.74) is 1.55.